The molecule has 0 aliphatic heterocycles. The zero-order valence-corrected chi connectivity index (χ0v) is 10.3. The number of imidazole rings is 1. The minimum absolute atomic E-state index is 0.0274. The van der Waals surface area contributed by atoms with Crippen molar-refractivity contribution in [3.63, 3.8) is 0 Å². The molecule has 0 amide bonds. The molecule has 18 heavy (non-hydrogen) atoms. The van der Waals surface area contributed by atoms with Crippen molar-refractivity contribution in [3.05, 3.63) is 59.4 Å². The van der Waals surface area contributed by atoms with E-state index in [0.717, 1.165) is 22.5 Å². The van der Waals surface area contributed by atoms with E-state index in [0.29, 0.717) is 5.02 Å². The molecule has 0 radical (unpaired) electrons. The van der Waals surface area contributed by atoms with Gasteiger partial charge in [0, 0.05) is 23.0 Å². The van der Waals surface area contributed by atoms with E-state index < -0.39 is 0 Å². The van der Waals surface area contributed by atoms with E-state index in [9.17, 15) is 0 Å². The van der Waals surface area contributed by atoms with Gasteiger partial charge in [-0.25, -0.2) is 4.98 Å². The van der Waals surface area contributed by atoms with Crippen molar-refractivity contribution in [1.29, 1.82) is 0 Å². The number of hydrogen-bond acceptors (Lipinski definition) is 2. The molecule has 1 aromatic carbocycles. The fourth-order valence-electron chi connectivity index (χ4n) is 1.88. The van der Waals surface area contributed by atoms with Crippen LogP contribution in [0.3, 0.4) is 0 Å². The summed E-state index contributed by atoms with van der Waals surface area (Å²) in [6, 6.07) is 11.3. The van der Waals surface area contributed by atoms with E-state index in [1.165, 1.54) is 0 Å². The summed E-state index contributed by atoms with van der Waals surface area (Å²) in [6.45, 7) is 0.0274. The molecule has 3 aromatic rings. The van der Waals surface area contributed by atoms with Crippen LogP contribution in [0, 0.1) is 0 Å². The van der Waals surface area contributed by atoms with E-state index in [1.54, 1.807) is 0 Å². The number of aliphatic hydroxyl groups excluding tert-OH is 1. The fraction of sp³-hybridized carbons (Fsp3) is 0.0714. The van der Waals surface area contributed by atoms with Crippen LogP contribution in [0.4, 0.5) is 0 Å². The smallest absolute Gasteiger partial charge is 0.137 e. The van der Waals surface area contributed by atoms with Crippen LogP contribution in [0.2, 0.25) is 5.02 Å². The Hall–Kier alpha value is -1.84. The van der Waals surface area contributed by atoms with Crippen molar-refractivity contribution >= 4 is 17.2 Å². The van der Waals surface area contributed by atoms with Crippen LogP contribution in [-0.4, -0.2) is 14.5 Å². The number of aliphatic hydroxyl groups is 1. The molecule has 4 heteroatoms. The number of benzene rings is 1. The van der Waals surface area contributed by atoms with Crippen molar-refractivity contribution in [1.82, 2.24) is 9.38 Å². The number of halogens is 1. The van der Waals surface area contributed by atoms with Crippen LogP contribution in [0.1, 0.15) is 5.56 Å². The second kappa shape index (κ2) is 4.44. The first-order chi connectivity index (χ1) is 8.76. The summed E-state index contributed by atoms with van der Waals surface area (Å²) >= 11 is 5.86. The van der Waals surface area contributed by atoms with Gasteiger partial charge in [-0.1, -0.05) is 23.7 Å². The first kappa shape index (κ1) is 11.3. The Bertz CT molecular complexity index is 689. The van der Waals surface area contributed by atoms with Gasteiger partial charge in [-0.2, -0.15) is 0 Å². The summed E-state index contributed by atoms with van der Waals surface area (Å²) in [5.41, 5.74) is 3.60. The van der Waals surface area contributed by atoms with Crippen LogP contribution >= 0.6 is 11.6 Å². The maximum Gasteiger partial charge on any atom is 0.137 e. The third-order valence-corrected chi connectivity index (χ3v) is 3.10. The molecule has 0 aliphatic carbocycles. The van der Waals surface area contributed by atoms with Crippen molar-refractivity contribution in [2.45, 2.75) is 6.61 Å². The molecule has 90 valence electrons. The number of hydrogen-bond donors (Lipinski definition) is 1. The van der Waals surface area contributed by atoms with Gasteiger partial charge in [-0.05, 0) is 29.8 Å². The number of pyridine rings is 1. The third-order valence-electron chi connectivity index (χ3n) is 2.85. The lowest BCUT2D eigenvalue weighted by Crippen LogP contribution is -1.87. The van der Waals surface area contributed by atoms with Gasteiger partial charge in [0.15, 0.2) is 0 Å². The molecule has 0 unspecified atom stereocenters. The SMILES string of the molecule is OCc1ccn2cc(-c3ccc(Cl)cc3)nc2c1. The van der Waals surface area contributed by atoms with Crippen LogP contribution in [0.15, 0.2) is 48.8 Å². The lowest BCUT2D eigenvalue weighted by molar-refractivity contribution is 0.282. The first-order valence-electron chi connectivity index (χ1n) is 5.61. The molecule has 2 aromatic heterocycles. The maximum absolute atomic E-state index is 9.10. The Morgan fingerprint density at radius 1 is 1.17 bits per heavy atom. The summed E-state index contributed by atoms with van der Waals surface area (Å²) in [5, 5.41) is 9.81. The topological polar surface area (TPSA) is 37.5 Å². The van der Waals surface area contributed by atoms with E-state index in [1.807, 2.05) is 53.2 Å². The molecule has 0 aliphatic rings. The summed E-state index contributed by atoms with van der Waals surface area (Å²) in [6.07, 6.45) is 3.85. The summed E-state index contributed by atoms with van der Waals surface area (Å²) < 4.78 is 1.93. The fourth-order valence-corrected chi connectivity index (χ4v) is 2.01. The predicted octanol–water partition coefficient (Wildman–Crippen LogP) is 3.15. The Kier molecular flexibility index (Phi) is 2.78. The second-order valence-corrected chi connectivity index (χ2v) is 4.53. The van der Waals surface area contributed by atoms with E-state index in [4.69, 9.17) is 16.7 Å². The van der Waals surface area contributed by atoms with Crippen molar-refractivity contribution < 1.29 is 5.11 Å². The lowest BCUT2D eigenvalue weighted by atomic mass is 10.2. The predicted molar refractivity (Wildman–Crippen MR) is 71.6 cm³/mol. The van der Waals surface area contributed by atoms with Crippen LogP contribution < -0.4 is 0 Å². The van der Waals surface area contributed by atoms with Crippen LogP contribution in [-0.2, 0) is 6.61 Å². The first-order valence-corrected chi connectivity index (χ1v) is 5.98. The molecule has 0 bridgehead atoms. The summed E-state index contributed by atoms with van der Waals surface area (Å²) in [5.74, 6) is 0. The Morgan fingerprint density at radius 3 is 2.67 bits per heavy atom. The molecule has 0 fully saturated rings. The van der Waals surface area contributed by atoms with Gasteiger partial charge in [-0.15, -0.1) is 0 Å². The highest BCUT2D eigenvalue weighted by atomic mass is 35.5. The molecule has 1 N–H and O–H groups in total. The number of aromatic nitrogens is 2. The summed E-state index contributed by atoms with van der Waals surface area (Å²) in [4.78, 5) is 4.53. The van der Waals surface area contributed by atoms with Gasteiger partial charge in [0.2, 0.25) is 0 Å². The molecular formula is C14H11ClN2O. The Balaban J connectivity index is 2.10. The average Bonchev–Trinajstić information content (AvgIpc) is 2.82. The molecule has 3 rings (SSSR count). The molecular weight excluding hydrogens is 248 g/mol. The van der Waals surface area contributed by atoms with Crippen LogP contribution in [0.5, 0.6) is 0 Å². The zero-order valence-electron chi connectivity index (χ0n) is 9.55. The van der Waals surface area contributed by atoms with Crippen molar-refractivity contribution in [2.24, 2.45) is 0 Å². The molecule has 0 atom stereocenters. The standard InChI is InChI=1S/C14H11ClN2O/c15-12-3-1-11(2-4-12)13-8-17-6-5-10(9-18)7-14(17)16-13/h1-8,18H,9H2. The number of nitrogens with zero attached hydrogens (tertiary/aromatic N) is 2. The highest BCUT2D eigenvalue weighted by Crippen LogP contribution is 2.21. The van der Waals surface area contributed by atoms with Crippen molar-refractivity contribution in [2.75, 3.05) is 0 Å². The highest BCUT2D eigenvalue weighted by molar-refractivity contribution is 6.30. The van der Waals surface area contributed by atoms with E-state index in [2.05, 4.69) is 4.98 Å². The van der Waals surface area contributed by atoms with Gasteiger partial charge in [0.25, 0.3) is 0 Å². The quantitative estimate of drug-likeness (QED) is 0.767. The highest BCUT2D eigenvalue weighted by Gasteiger charge is 2.04. The van der Waals surface area contributed by atoms with Gasteiger partial charge in [-0.3, -0.25) is 0 Å². The van der Waals surface area contributed by atoms with E-state index in [-0.39, 0.29) is 6.61 Å². The molecule has 2 heterocycles. The largest absolute Gasteiger partial charge is 0.392 e. The molecule has 0 saturated carbocycles. The third kappa shape index (κ3) is 1.98. The normalized spacial score (nSPS) is 11.0. The molecule has 0 saturated heterocycles. The zero-order chi connectivity index (χ0) is 12.5. The number of rotatable bonds is 2. The van der Waals surface area contributed by atoms with Gasteiger partial charge in [0.1, 0.15) is 5.65 Å². The minimum Gasteiger partial charge on any atom is -0.392 e. The minimum atomic E-state index is 0.0274. The number of fused-ring (bicyclic) bond motifs is 1. The Morgan fingerprint density at radius 2 is 1.94 bits per heavy atom. The van der Waals surface area contributed by atoms with Crippen LogP contribution in [0.25, 0.3) is 16.9 Å². The van der Waals surface area contributed by atoms with Crippen molar-refractivity contribution in [3.8, 4) is 11.3 Å². The molecule has 3 nitrogen and oxygen atoms in total. The average molecular weight is 259 g/mol. The van der Waals surface area contributed by atoms with E-state index >= 15 is 0 Å². The summed E-state index contributed by atoms with van der Waals surface area (Å²) in [7, 11) is 0. The Labute approximate surface area is 109 Å². The second-order valence-electron chi connectivity index (χ2n) is 4.09. The van der Waals surface area contributed by atoms with Gasteiger partial charge < -0.3 is 9.51 Å². The maximum atomic E-state index is 9.10. The molecule has 0 spiro atoms. The lowest BCUT2D eigenvalue weighted by Gasteiger charge is -1.95. The van der Waals surface area contributed by atoms with Gasteiger partial charge >= 0.3 is 0 Å². The van der Waals surface area contributed by atoms with Gasteiger partial charge in [0.05, 0.1) is 12.3 Å². The monoisotopic (exact) mass is 258 g/mol.